The van der Waals surface area contributed by atoms with Gasteiger partial charge in [0, 0.05) is 19.5 Å². The molecule has 1 aromatic heterocycles. The highest BCUT2D eigenvalue weighted by Crippen LogP contribution is 2.24. The highest BCUT2D eigenvalue weighted by molar-refractivity contribution is 7.99. The minimum Gasteiger partial charge on any atom is -0.492 e. The molecular formula is C20H26N4O3S. The number of aromatic nitrogens is 2. The van der Waals surface area contributed by atoms with Gasteiger partial charge in [-0.3, -0.25) is 14.5 Å². The molecular weight excluding hydrogens is 376 g/mol. The zero-order valence-electron chi connectivity index (χ0n) is 16.3. The molecule has 8 heteroatoms. The third kappa shape index (κ3) is 5.14. The molecule has 0 unspecified atom stereocenters. The zero-order chi connectivity index (χ0) is 19.9. The van der Waals surface area contributed by atoms with Crippen LogP contribution in [-0.4, -0.2) is 46.2 Å². The molecule has 3 rings (SSSR count). The van der Waals surface area contributed by atoms with E-state index < -0.39 is 0 Å². The van der Waals surface area contributed by atoms with Crippen molar-refractivity contribution < 1.29 is 9.53 Å². The van der Waals surface area contributed by atoms with Gasteiger partial charge in [0.2, 0.25) is 5.91 Å². The minimum atomic E-state index is -0.174. The Bertz CT molecular complexity index is 884. The van der Waals surface area contributed by atoms with Crippen molar-refractivity contribution in [3.05, 3.63) is 45.9 Å². The normalized spacial score (nSPS) is 13.8. The van der Waals surface area contributed by atoms with Gasteiger partial charge in [0.1, 0.15) is 5.75 Å². The molecule has 1 aliphatic rings. The standard InChI is InChI=1S/C20H26N4O3S/c1-3-10-24-11-9-15-14(12-24)19(26)23-20(22-15)28-13-18(25)21-16-7-5-6-8-17(16)27-4-2/h5-8H,3-4,9-13H2,1-2H3,(H,21,25)(H,22,23,26). The summed E-state index contributed by atoms with van der Waals surface area (Å²) in [7, 11) is 0. The summed E-state index contributed by atoms with van der Waals surface area (Å²) in [6, 6.07) is 7.32. The number of aromatic amines is 1. The van der Waals surface area contributed by atoms with Gasteiger partial charge >= 0.3 is 0 Å². The lowest BCUT2D eigenvalue weighted by Gasteiger charge is -2.27. The van der Waals surface area contributed by atoms with Gasteiger partial charge in [-0.15, -0.1) is 0 Å². The van der Waals surface area contributed by atoms with Gasteiger partial charge in [0.05, 0.1) is 29.3 Å². The Morgan fingerprint density at radius 2 is 2.18 bits per heavy atom. The van der Waals surface area contributed by atoms with Gasteiger partial charge in [-0.25, -0.2) is 4.98 Å². The van der Waals surface area contributed by atoms with Crippen molar-refractivity contribution in [3.63, 3.8) is 0 Å². The monoisotopic (exact) mass is 402 g/mol. The molecule has 0 saturated carbocycles. The molecule has 0 fully saturated rings. The predicted octanol–water partition coefficient (Wildman–Crippen LogP) is 2.67. The predicted molar refractivity (Wildman–Crippen MR) is 111 cm³/mol. The first-order valence-electron chi connectivity index (χ1n) is 9.59. The summed E-state index contributed by atoms with van der Waals surface area (Å²) < 4.78 is 5.52. The highest BCUT2D eigenvalue weighted by atomic mass is 32.2. The smallest absolute Gasteiger partial charge is 0.256 e. The van der Waals surface area contributed by atoms with Gasteiger partial charge in [0.15, 0.2) is 5.16 Å². The largest absolute Gasteiger partial charge is 0.492 e. The van der Waals surface area contributed by atoms with Gasteiger partial charge < -0.3 is 15.0 Å². The van der Waals surface area contributed by atoms with Crippen molar-refractivity contribution >= 4 is 23.4 Å². The molecule has 1 amide bonds. The average Bonchev–Trinajstić information content (AvgIpc) is 2.69. The van der Waals surface area contributed by atoms with Crippen molar-refractivity contribution in [2.45, 2.75) is 38.4 Å². The molecule has 0 spiro atoms. The number of para-hydroxylation sites is 2. The Hall–Kier alpha value is -2.32. The molecule has 0 radical (unpaired) electrons. The third-order valence-corrected chi connectivity index (χ3v) is 5.34. The van der Waals surface area contributed by atoms with Gasteiger partial charge in [-0.05, 0) is 32.0 Å². The van der Waals surface area contributed by atoms with Crippen molar-refractivity contribution in [2.24, 2.45) is 0 Å². The van der Waals surface area contributed by atoms with Crippen LogP contribution in [0, 0.1) is 0 Å². The first kappa shape index (κ1) is 20.4. The molecule has 0 aliphatic carbocycles. The first-order chi connectivity index (χ1) is 13.6. The lowest BCUT2D eigenvalue weighted by atomic mass is 10.1. The third-order valence-electron chi connectivity index (χ3n) is 4.47. The van der Waals surface area contributed by atoms with E-state index in [0.29, 0.717) is 29.7 Å². The number of fused-ring (bicyclic) bond motifs is 1. The Morgan fingerprint density at radius 1 is 1.36 bits per heavy atom. The summed E-state index contributed by atoms with van der Waals surface area (Å²) >= 11 is 1.23. The molecule has 7 nitrogen and oxygen atoms in total. The topological polar surface area (TPSA) is 87.3 Å². The van der Waals surface area contributed by atoms with E-state index in [2.05, 4.69) is 27.1 Å². The molecule has 0 atom stereocenters. The van der Waals surface area contributed by atoms with Crippen molar-refractivity contribution in [3.8, 4) is 5.75 Å². The number of anilines is 1. The second-order valence-electron chi connectivity index (χ2n) is 6.59. The molecule has 0 bridgehead atoms. The van der Waals surface area contributed by atoms with E-state index in [9.17, 15) is 9.59 Å². The number of hydrogen-bond donors (Lipinski definition) is 2. The Balaban J connectivity index is 1.62. The summed E-state index contributed by atoms with van der Waals surface area (Å²) in [4.78, 5) is 34.4. The molecule has 28 heavy (non-hydrogen) atoms. The van der Waals surface area contributed by atoms with Crippen LogP contribution >= 0.6 is 11.8 Å². The number of H-pyrrole nitrogens is 1. The van der Waals surface area contributed by atoms with E-state index in [1.807, 2.05) is 25.1 Å². The first-order valence-corrected chi connectivity index (χ1v) is 10.6. The molecule has 2 heterocycles. The average molecular weight is 403 g/mol. The van der Waals surface area contributed by atoms with Gasteiger partial charge in [0.25, 0.3) is 5.56 Å². The van der Waals surface area contributed by atoms with E-state index >= 15 is 0 Å². The molecule has 0 saturated heterocycles. The van der Waals surface area contributed by atoms with Crippen molar-refractivity contribution in [1.29, 1.82) is 0 Å². The summed E-state index contributed by atoms with van der Waals surface area (Å²) in [5.41, 5.74) is 2.13. The highest BCUT2D eigenvalue weighted by Gasteiger charge is 2.21. The number of ether oxygens (including phenoxy) is 1. The molecule has 1 aromatic carbocycles. The quantitative estimate of drug-likeness (QED) is 0.521. The second-order valence-corrected chi connectivity index (χ2v) is 7.55. The maximum atomic E-state index is 12.4. The van der Waals surface area contributed by atoms with E-state index in [-0.39, 0.29) is 17.2 Å². The fourth-order valence-corrected chi connectivity index (χ4v) is 3.88. The molecule has 2 N–H and O–H groups in total. The number of carbonyl (C=O) groups excluding carboxylic acids is 1. The Labute approximate surface area is 168 Å². The van der Waals surface area contributed by atoms with Crippen LogP contribution in [0.2, 0.25) is 0 Å². The van der Waals surface area contributed by atoms with Crippen LogP contribution in [0.1, 0.15) is 31.5 Å². The SMILES string of the molecule is CCCN1CCc2nc(SCC(=O)Nc3ccccc3OCC)[nH]c(=O)c2C1. The molecule has 2 aromatic rings. The maximum absolute atomic E-state index is 12.4. The summed E-state index contributed by atoms with van der Waals surface area (Å²) in [6.45, 7) is 7.10. The Kier molecular flexibility index (Phi) is 7.11. The molecule has 150 valence electrons. The number of hydrogen-bond acceptors (Lipinski definition) is 6. The fraction of sp³-hybridized carbons (Fsp3) is 0.450. The molecule has 1 aliphatic heterocycles. The summed E-state index contributed by atoms with van der Waals surface area (Å²) in [5.74, 6) is 0.622. The lowest BCUT2D eigenvalue weighted by molar-refractivity contribution is -0.113. The fourth-order valence-electron chi connectivity index (χ4n) is 3.21. The second kappa shape index (κ2) is 9.75. The van der Waals surface area contributed by atoms with Crippen LogP contribution in [0.5, 0.6) is 5.75 Å². The number of thioether (sulfide) groups is 1. The number of rotatable bonds is 8. The van der Waals surface area contributed by atoms with E-state index in [1.165, 1.54) is 11.8 Å². The summed E-state index contributed by atoms with van der Waals surface area (Å²) in [5, 5.41) is 3.34. The van der Waals surface area contributed by atoms with Crippen molar-refractivity contribution in [1.82, 2.24) is 14.9 Å². The van der Waals surface area contributed by atoms with Crippen LogP contribution < -0.4 is 15.6 Å². The minimum absolute atomic E-state index is 0.101. The number of nitrogens with one attached hydrogen (secondary N) is 2. The Morgan fingerprint density at radius 3 is 2.96 bits per heavy atom. The van der Waals surface area contributed by atoms with Crippen LogP contribution in [0.3, 0.4) is 0 Å². The van der Waals surface area contributed by atoms with Gasteiger partial charge in [-0.1, -0.05) is 30.8 Å². The van der Waals surface area contributed by atoms with Crippen LogP contribution in [0.15, 0.2) is 34.2 Å². The van der Waals surface area contributed by atoms with Gasteiger partial charge in [-0.2, -0.15) is 0 Å². The van der Waals surface area contributed by atoms with E-state index in [1.54, 1.807) is 6.07 Å². The number of amides is 1. The zero-order valence-corrected chi connectivity index (χ0v) is 17.1. The van der Waals surface area contributed by atoms with E-state index in [4.69, 9.17) is 4.74 Å². The number of carbonyl (C=O) groups is 1. The van der Waals surface area contributed by atoms with E-state index in [0.717, 1.165) is 37.2 Å². The van der Waals surface area contributed by atoms with Crippen molar-refractivity contribution in [2.75, 3.05) is 30.8 Å². The maximum Gasteiger partial charge on any atom is 0.256 e. The lowest BCUT2D eigenvalue weighted by Crippen LogP contribution is -2.36. The number of nitrogens with zero attached hydrogens (tertiary/aromatic N) is 2. The van der Waals surface area contributed by atoms with Crippen LogP contribution in [-0.2, 0) is 17.8 Å². The van der Waals surface area contributed by atoms with Crippen LogP contribution in [0.25, 0.3) is 0 Å². The number of benzene rings is 1. The van der Waals surface area contributed by atoms with Crippen LogP contribution in [0.4, 0.5) is 5.69 Å². The summed E-state index contributed by atoms with van der Waals surface area (Å²) in [6.07, 6.45) is 1.83.